The second kappa shape index (κ2) is 11.0. The van der Waals surface area contributed by atoms with Crippen molar-refractivity contribution in [1.29, 1.82) is 0 Å². The second-order valence-electron chi connectivity index (χ2n) is 12.4. The fraction of sp³-hybridized carbons (Fsp3) is 0. The highest BCUT2D eigenvalue weighted by Crippen LogP contribution is 2.41. The zero-order valence-electron chi connectivity index (χ0n) is 26.4. The molecule has 0 bridgehead atoms. The van der Waals surface area contributed by atoms with Crippen molar-refractivity contribution >= 4 is 71.7 Å². The molecule has 0 saturated carbocycles. The van der Waals surface area contributed by atoms with Crippen LogP contribution in [0.4, 0.5) is 17.1 Å². The van der Waals surface area contributed by atoms with E-state index in [9.17, 15) is 0 Å². The maximum Gasteiger partial charge on any atom is 0.153 e. The molecule has 4 nitrogen and oxygen atoms in total. The number of hydrogen-bond donors (Lipinski definition) is 0. The van der Waals surface area contributed by atoms with E-state index in [1.54, 1.807) is 6.20 Å². The summed E-state index contributed by atoms with van der Waals surface area (Å²) in [6.45, 7) is 0. The molecule has 0 atom stereocenters. The Kier molecular flexibility index (Phi) is 6.15. The van der Waals surface area contributed by atoms with Crippen LogP contribution in [-0.4, -0.2) is 4.98 Å². The Morgan fingerprint density at radius 1 is 0.388 bits per heavy atom. The summed E-state index contributed by atoms with van der Waals surface area (Å²) in [6, 6.07) is 55.7. The summed E-state index contributed by atoms with van der Waals surface area (Å²) in [5.41, 5.74) is 11.4. The summed E-state index contributed by atoms with van der Waals surface area (Å²) in [7, 11) is 0. The van der Waals surface area contributed by atoms with Crippen molar-refractivity contribution in [2.45, 2.75) is 0 Å². The Balaban J connectivity index is 1.07. The van der Waals surface area contributed by atoms with Crippen LogP contribution >= 0.6 is 0 Å². The molecule has 0 fully saturated rings. The highest BCUT2D eigenvalue weighted by Gasteiger charge is 2.17. The first-order valence-corrected chi connectivity index (χ1v) is 16.4. The van der Waals surface area contributed by atoms with Crippen molar-refractivity contribution in [3.8, 4) is 22.3 Å². The Labute approximate surface area is 282 Å². The van der Waals surface area contributed by atoms with Gasteiger partial charge >= 0.3 is 0 Å². The number of anilines is 3. The molecule has 0 spiro atoms. The summed E-state index contributed by atoms with van der Waals surface area (Å²) >= 11 is 0. The molecule has 0 radical (unpaired) electrons. The molecule has 4 heteroatoms. The minimum absolute atomic E-state index is 0.809. The lowest BCUT2D eigenvalue weighted by atomic mass is 9.98. The van der Waals surface area contributed by atoms with Gasteiger partial charge in [-0.05, 0) is 99.8 Å². The van der Waals surface area contributed by atoms with Gasteiger partial charge in [-0.25, -0.2) is 0 Å². The fourth-order valence-corrected chi connectivity index (χ4v) is 7.18. The van der Waals surface area contributed by atoms with E-state index in [0.717, 1.165) is 72.1 Å². The van der Waals surface area contributed by atoms with Crippen molar-refractivity contribution in [3.05, 3.63) is 170 Å². The van der Waals surface area contributed by atoms with Crippen LogP contribution < -0.4 is 4.90 Å². The predicted molar refractivity (Wildman–Crippen MR) is 202 cm³/mol. The molecule has 0 aliphatic carbocycles. The Morgan fingerprint density at radius 3 is 1.84 bits per heavy atom. The van der Waals surface area contributed by atoms with Crippen LogP contribution in [0.25, 0.3) is 76.9 Å². The Bertz CT molecular complexity index is 2810. The molecule has 7 aromatic carbocycles. The van der Waals surface area contributed by atoms with Gasteiger partial charge in [0.15, 0.2) is 5.58 Å². The number of furan rings is 2. The van der Waals surface area contributed by atoms with E-state index in [4.69, 9.17) is 8.83 Å². The van der Waals surface area contributed by atoms with Gasteiger partial charge in [0, 0.05) is 44.8 Å². The summed E-state index contributed by atoms with van der Waals surface area (Å²) in [5.74, 6) is 0. The zero-order valence-corrected chi connectivity index (χ0v) is 26.4. The minimum atomic E-state index is 0.809. The first kappa shape index (κ1) is 27.5. The van der Waals surface area contributed by atoms with Gasteiger partial charge in [0.25, 0.3) is 0 Å². The number of rotatable bonds is 5. The van der Waals surface area contributed by atoms with Gasteiger partial charge in [-0.2, -0.15) is 0 Å². The summed E-state index contributed by atoms with van der Waals surface area (Å²) < 4.78 is 12.3. The lowest BCUT2D eigenvalue weighted by molar-refractivity contribution is 0.667. The van der Waals surface area contributed by atoms with Gasteiger partial charge in [0.2, 0.25) is 0 Å². The third-order valence-corrected chi connectivity index (χ3v) is 9.57. The molecule has 49 heavy (non-hydrogen) atoms. The number of para-hydroxylation sites is 1. The molecule has 0 aliphatic heterocycles. The van der Waals surface area contributed by atoms with Crippen LogP contribution in [0.1, 0.15) is 0 Å². The molecule has 10 rings (SSSR count). The molecule has 0 saturated heterocycles. The molecule has 0 aliphatic rings. The van der Waals surface area contributed by atoms with Crippen LogP contribution in [-0.2, 0) is 0 Å². The average Bonchev–Trinajstić information content (AvgIpc) is 3.74. The van der Waals surface area contributed by atoms with Crippen LogP contribution in [0.2, 0.25) is 0 Å². The molecule has 10 aromatic rings. The number of hydrogen-bond acceptors (Lipinski definition) is 4. The van der Waals surface area contributed by atoms with Crippen LogP contribution in [0, 0.1) is 0 Å². The SMILES string of the molecule is c1ccc(-c2ccc(N(c3ccc(-c4ccc5c(ccc6oc7cnccc7c65)c4)cc3)c3ccc4oc5ccccc5c4c3)cc2)cc1. The van der Waals surface area contributed by atoms with Gasteiger partial charge in [0.1, 0.15) is 16.7 Å². The Hall–Kier alpha value is -6.65. The fourth-order valence-electron chi connectivity index (χ4n) is 7.18. The standard InChI is InChI=1S/C45H28N2O2/c1-2-6-29(7-3-1)30-10-16-34(17-11-30)47(36-20-23-42-40(27-36)38-8-4-5-9-41(38)48-42)35-18-12-31(13-19-35)32-14-21-37-33(26-32)15-22-43-45(37)39-24-25-46-28-44(39)49-43/h1-28H. The van der Waals surface area contributed by atoms with E-state index in [1.165, 1.54) is 21.9 Å². The van der Waals surface area contributed by atoms with E-state index in [2.05, 4.69) is 149 Å². The van der Waals surface area contributed by atoms with Gasteiger partial charge in [-0.1, -0.05) is 91.0 Å². The number of fused-ring (bicyclic) bond motifs is 8. The second-order valence-corrected chi connectivity index (χ2v) is 12.4. The van der Waals surface area contributed by atoms with E-state index in [1.807, 2.05) is 24.4 Å². The van der Waals surface area contributed by atoms with Crippen molar-refractivity contribution in [2.75, 3.05) is 4.90 Å². The smallest absolute Gasteiger partial charge is 0.153 e. The first-order valence-electron chi connectivity index (χ1n) is 16.4. The van der Waals surface area contributed by atoms with E-state index in [0.29, 0.717) is 0 Å². The number of benzene rings is 7. The topological polar surface area (TPSA) is 42.4 Å². The molecular formula is C45H28N2O2. The van der Waals surface area contributed by atoms with Gasteiger partial charge in [0.05, 0.1) is 6.20 Å². The lowest BCUT2D eigenvalue weighted by Gasteiger charge is -2.26. The quantitative estimate of drug-likeness (QED) is 0.190. The summed E-state index contributed by atoms with van der Waals surface area (Å²) in [4.78, 5) is 6.55. The molecule has 0 amide bonds. The summed E-state index contributed by atoms with van der Waals surface area (Å²) in [6.07, 6.45) is 3.61. The first-order chi connectivity index (χ1) is 24.3. The molecule has 3 aromatic heterocycles. The maximum absolute atomic E-state index is 6.17. The Morgan fingerprint density at radius 2 is 1.02 bits per heavy atom. The molecular weight excluding hydrogens is 601 g/mol. The number of nitrogens with zero attached hydrogens (tertiary/aromatic N) is 2. The minimum Gasteiger partial charge on any atom is -0.456 e. The van der Waals surface area contributed by atoms with E-state index in [-0.39, 0.29) is 0 Å². The largest absolute Gasteiger partial charge is 0.456 e. The van der Waals surface area contributed by atoms with Crippen LogP contribution in [0.5, 0.6) is 0 Å². The highest BCUT2D eigenvalue weighted by atomic mass is 16.3. The molecule has 230 valence electrons. The van der Waals surface area contributed by atoms with Gasteiger partial charge in [-0.15, -0.1) is 0 Å². The van der Waals surface area contributed by atoms with Crippen molar-refractivity contribution in [2.24, 2.45) is 0 Å². The summed E-state index contributed by atoms with van der Waals surface area (Å²) in [5, 5.41) is 6.79. The van der Waals surface area contributed by atoms with Crippen molar-refractivity contribution < 1.29 is 8.83 Å². The molecule has 0 unspecified atom stereocenters. The predicted octanol–water partition coefficient (Wildman–Crippen LogP) is 12.8. The van der Waals surface area contributed by atoms with E-state index < -0.39 is 0 Å². The zero-order chi connectivity index (χ0) is 32.3. The monoisotopic (exact) mass is 628 g/mol. The average molecular weight is 629 g/mol. The van der Waals surface area contributed by atoms with Gasteiger partial charge in [-0.3, -0.25) is 4.98 Å². The van der Waals surface area contributed by atoms with E-state index >= 15 is 0 Å². The number of pyridine rings is 1. The third kappa shape index (κ3) is 4.57. The molecule has 3 heterocycles. The number of aromatic nitrogens is 1. The molecule has 0 N–H and O–H groups in total. The third-order valence-electron chi connectivity index (χ3n) is 9.57. The van der Waals surface area contributed by atoms with Crippen molar-refractivity contribution in [1.82, 2.24) is 4.98 Å². The lowest BCUT2D eigenvalue weighted by Crippen LogP contribution is -2.09. The van der Waals surface area contributed by atoms with Gasteiger partial charge < -0.3 is 13.7 Å². The normalized spacial score (nSPS) is 11.7. The van der Waals surface area contributed by atoms with Crippen LogP contribution in [0.3, 0.4) is 0 Å². The van der Waals surface area contributed by atoms with Crippen LogP contribution in [0.15, 0.2) is 179 Å². The highest BCUT2D eigenvalue weighted by molar-refractivity contribution is 6.19. The maximum atomic E-state index is 6.17. The van der Waals surface area contributed by atoms with Crippen molar-refractivity contribution in [3.63, 3.8) is 0 Å².